The molecule has 478 valence electrons. The van der Waals surface area contributed by atoms with Gasteiger partial charge in [-0.25, -0.2) is 5.43 Å². The maximum atomic E-state index is 12.6. The molecule has 0 aromatic rings. The summed E-state index contributed by atoms with van der Waals surface area (Å²) < 4.78 is 10.7. The number of ether oxygens (including phenoxy) is 2. The van der Waals surface area contributed by atoms with Gasteiger partial charge in [-0.3, -0.25) is 39.0 Å². The Hall–Kier alpha value is -7.55. The molecule has 87 heavy (non-hydrogen) atoms. The molecule has 15 nitrogen and oxygen atoms in total. The van der Waals surface area contributed by atoms with E-state index in [2.05, 4.69) is 131 Å². The third kappa shape index (κ3) is 64.3. The highest BCUT2D eigenvalue weighted by molar-refractivity contribution is 6.02. The van der Waals surface area contributed by atoms with E-state index in [1.54, 1.807) is 0 Å². The molecule has 0 aliphatic carbocycles. The number of ketones is 1. The fraction of sp³-hybridized carbons (Fsp3) is 0.653. The lowest BCUT2D eigenvalue weighted by Crippen LogP contribution is -2.54. The Kier molecular flexibility index (Phi) is 63.5. The molecule has 0 aliphatic heterocycles. The molecule has 0 fully saturated rings. The number of rotatable bonds is 49. The summed E-state index contributed by atoms with van der Waals surface area (Å²) in [6.45, 7) is 6.61. The van der Waals surface area contributed by atoms with E-state index in [1.807, 2.05) is 0 Å². The topological polar surface area (TPSA) is 241 Å². The van der Waals surface area contributed by atoms with Gasteiger partial charge in [0.15, 0.2) is 0 Å². The molecular formula is C72H104N4O11. The van der Waals surface area contributed by atoms with Crippen molar-refractivity contribution in [3.8, 4) is 107 Å². The molecule has 0 aliphatic rings. The Labute approximate surface area is 525 Å². The van der Waals surface area contributed by atoms with Gasteiger partial charge in [-0.1, -0.05) is 214 Å². The molecule has 0 radical (unpaired) electrons. The first kappa shape index (κ1) is 83.7. The second kappa shape index (κ2) is 66.0. The Morgan fingerprint density at radius 2 is 0.759 bits per heavy atom. The second-order valence-corrected chi connectivity index (χ2v) is 21.0. The minimum atomic E-state index is -1.33. The number of amides is 2. The zero-order chi connectivity index (χ0) is 63.6. The Morgan fingerprint density at radius 1 is 0.437 bits per heavy atom. The van der Waals surface area contributed by atoms with Crippen molar-refractivity contribution in [1.82, 2.24) is 16.2 Å². The summed E-state index contributed by atoms with van der Waals surface area (Å²) in [7, 11) is 0. The highest BCUT2D eigenvalue weighted by Gasteiger charge is 2.26. The number of hydrogen-bond acceptors (Lipinski definition) is 11. The van der Waals surface area contributed by atoms with E-state index in [0.717, 1.165) is 32.6 Å². The minimum Gasteiger partial charge on any atom is -0.481 e. The molecule has 15 heteroatoms. The SMILES string of the molecule is C.C#CC#CC#CC#CC#CC#CC#CC#CC#CC(=O)[C@H](CCC(=O)O)NC(=O)[C@H](CCC(=O)O)NNC(C)=O.CCCCCCCCCCCCCCCCCCOC(=O)CCC(N)C(=O)OCCCCCCCCCCCCCCCCCC. The standard InChI is InChI=1S/C41H81NO4.C30H19N3O7.CH4/c1-3-5-7-9-11-13-15-17-19-21-23-25-27-29-31-33-37-45-40(43)36-35-39(42)41(44)46-38-34-32-30-28-26-24-22-20-18-16-14-12-10-8-6-4-2;1-3-4-5-6-7-8-9-10-11-12-13-14-15-16-17-18-19-27(35)25(20-22-28(36)37)31-30(40)26(21-23-29(38)39)33-32-24(2)34;/h39H,3-38,42H2,1-2H3;1,25-26,33H,20-23H2,2H3,(H,31,40)(H,32,34)(H,36,37)(H,38,39);1H4/t;25-,26-;/m.0./s1. The molecule has 0 rings (SSSR count). The van der Waals surface area contributed by atoms with Gasteiger partial charge in [0.2, 0.25) is 17.6 Å². The molecule has 2 amide bonds. The molecule has 0 saturated heterocycles. The maximum absolute atomic E-state index is 12.6. The number of carbonyl (C=O) groups is 7. The van der Waals surface area contributed by atoms with E-state index in [1.165, 1.54) is 180 Å². The normalized spacial score (nSPS) is 10.5. The summed E-state index contributed by atoms with van der Waals surface area (Å²) >= 11 is 0. The summed E-state index contributed by atoms with van der Waals surface area (Å²) in [6.07, 6.45) is 46.3. The second-order valence-electron chi connectivity index (χ2n) is 21.0. The molecule has 7 N–H and O–H groups in total. The first-order valence-electron chi connectivity index (χ1n) is 31.6. The average molecular weight is 1200 g/mol. The Bertz CT molecular complexity index is 2490. The molecule has 3 atom stereocenters. The number of Topliss-reactive ketones (excluding diaryl/α,β-unsaturated/α-hetero) is 1. The van der Waals surface area contributed by atoms with E-state index < -0.39 is 66.5 Å². The van der Waals surface area contributed by atoms with Crippen molar-refractivity contribution in [2.75, 3.05) is 13.2 Å². The summed E-state index contributed by atoms with van der Waals surface area (Å²) in [5.74, 6) is 34.5. The monoisotopic (exact) mass is 1200 g/mol. The van der Waals surface area contributed by atoms with Crippen LogP contribution >= 0.6 is 0 Å². The maximum Gasteiger partial charge on any atom is 0.322 e. The summed E-state index contributed by atoms with van der Waals surface area (Å²) in [6, 6.07) is -3.29. The largest absolute Gasteiger partial charge is 0.481 e. The number of hydrogen-bond donors (Lipinski definition) is 6. The van der Waals surface area contributed by atoms with Crippen LogP contribution in [0.1, 0.15) is 272 Å². The number of carboxylic acids is 2. The molecule has 0 bridgehead atoms. The number of unbranched alkanes of at least 4 members (excludes halogenated alkanes) is 30. The first-order chi connectivity index (χ1) is 41.8. The van der Waals surface area contributed by atoms with E-state index in [-0.39, 0.29) is 39.1 Å². The molecular weight excluding hydrogens is 1100 g/mol. The fourth-order valence-electron chi connectivity index (χ4n) is 8.39. The van der Waals surface area contributed by atoms with Crippen LogP contribution < -0.4 is 21.9 Å². The molecule has 0 heterocycles. The van der Waals surface area contributed by atoms with Crippen molar-refractivity contribution in [3.63, 3.8) is 0 Å². The fourth-order valence-corrected chi connectivity index (χ4v) is 8.39. The van der Waals surface area contributed by atoms with Crippen LogP contribution in [0.3, 0.4) is 0 Å². The van der Waals surface area contributed by atoms with Gasteiger partial charge >= 0.3 is 23.9 Å². The minimum absolute atomic E-state index is 0. The van der Waals surface area contributed by atoms with Gasteiger partial charge in [0.25, 0.3) is 0 Å². The number of hydrazine groups is 1. The van der Waals surface area contributed by atoms with Crippen LogP contribution in [-0.2, 0) is 43.0 Å². The van der Waals surface area contributed by atoms with E-state index in [9.17, 15) is 33.6 Å². The highest BCUT2D eigenvalue weighted by atomic mass is 16.5. The highest BCUT2D eigenvalue weighted by Crippen LogP contribution is 2.16. The van der Waals surface area contributed by atoms with E-state index >= 15 is 0 Å². The van der Waals surface area contributed by atoms with Gasteiger partial charge in [-0.2, -0.15) is 0 Å². The van der Waals surface area contributed by atoms with Crippen molar-refractivity contribution in [2.45, 2.75) is 290 Å². The lowest BCUT2D eigenvalue weighted by atomic mass is 10.0. The van der Waals surface area contributed by atoms with Crippen LogP contribution in [0, 0.1) is 107 Å². The summed E-state index contributed by atoms with van der Waals surface area (Å²) in [4.78, 5) is 82.2. The molecule has 0 aromatic carbocycles. The predicted octanol–water partition coefficient (Wildman–Crippen LogP) is 11.8. The number of nitrogens with two attached hydrogens (primary N) is 1. The molecule has 0 spiro atoms. The van der Waals surface area contributed by atoms with Crippen molar-refractivity contribution < 1.29 is 53.2 Å². The first-order valence-corrected chi connectivity index (χ1v) is 31.6. The Balaban J connectivity index is -0.00000162. The lowest BCUT2D eigenvalue weighted by Gasteiger charge is -2.21. The van der Waals surface area contributed by atoms with Crippen molar-refractivity contribution >= 4 is 41.5 Å². The van der Waals surface area contributed by atoms with Gasteiger partial charge in [-0.15, -0.1) is 6.42 Å². The zero-order valence-electron chi connectivity index (χ0n) is 52.2. The number of carboxylic acid groups (broad SMARTS) is 2. The number of esters is 2. The van der Waals surface area contributed by atoms with Crippen molar-refractivity contribution in [3.05, 3.63) is 0 Å². The number of terminal acetylenes is 1. The molecule has 0 aromatic heterocycles. The number of aliphatic carboxylic acids is 2. The van der Waals surface area contributed by atoms with Gasteiger partial charge in [0, 0.05) is 26.2 Å². The predicted molar refractivity (Wildman–Crippen MR) is 347 cm³/mol. The van der Waals surface area contributed by atoms with Crippen LogP contribution in [0.2, 0.25) is 0 Å². The molecule has 0 saturated carbocycles. The lowest BCUT2D eigenvalue weighted by molar-refractivity contribution is -0.147. The van der Waals surface area contributed by atoms with Crippen molar-refractivity contribution in [2.24, 2.45) is 5.73 Å². The van der Waals surface area contributed by atoms with Crippen molar-refractivity contribution in [1.29, 1.82) is 0 Å². The van der Waals surface area contributed by atoms with Crippen LogP contribution in [0.25, 0.3) is 0 Å². The smallest absolute Gasteiger partial charge is 0.322 e. The van der Waals surface area contributed by atoms with Gasteiger partial charge < -0.3 is 30.7 Å². The van der Waals surface area contributed by atoms with E-state index in [0.29, 0.717) is 13.2 Å². The third-order valence-electron chi connectivity index (χ3n) is 13.3. The Morgan fingerprint density at radius 3 is 1.10 bits per heavy atom. The quantitative estimate of drug-likeness (QED) is 0.0109. The van der Waals surface area contributed by atoms with Crippen LogP contribution in [-0.4, -0.2) is 83.0 Å². The van der Waals surface area contributed by atoms with Crippen LogP contribution in [0.15, 0.2) is 0 Å². The third-order valence-corrected chi connectivity index (χ3v) is 13.3. The number of nitrogens with one attached hydrogen (secondary N) is 3. The van der Waals surface area contributed by atoms with Gasteiger partial charge in [0.1, 0.15) is 18.1 Å². The zero-order valence-corrected chi connectivity index (χ0v) is 52.2. The average Bonchev–Trinajstić information content (AvgIpc) is 3.70. The van der Waals surface area contributed by atoms with E-state index in [4.69, 9.17) is 31.8 Å². The van der Waals surface area contributed by atoms with Gasteiger partial charge in [-0.05, 0) is 133 Å². The van der Waals surface area contributed by atoms with Crippen LogP contribution in [0.4, 0.5) is 0 Å². The van der Waals surface area contributed by atoms with Crippen LogP contribution in [0.5, 0.6) is 0 Å². The summed E-state index contributed by atoms with van der Waals surface area (Å²) in [5, 5.41) is 20.1. The number of carbonyl (C=O) groups excluding carboxylic acids is 5. The molecule has 1 unspecified atom stereocenters. The summed E-state index contributed by atoms with van der Waals surface area (Å²) in [5.41, 5.74) is 10.5. The van der Waals surface area contributed by atoms with Gasteiger partial charge in [0.05, 0.1) is 13.2 Å².